The van der Waals surface area contributed by atoms with Gasteiger partial charge < -0.3 is 5.32 Å². The van der Waals surface area contributed by atoms with E-state index in [-0.39, 0.29) is 5.82 Å². The summed E-state index contributed by atoms with van der Waals surface area (Å²) in [5.41, 5.74) is 2.62. The summed E-state index contributed by atoms with van der Waals surface area (Å²) in [4.78, 5) is 0. The molecule has 0 unspecified atom stereocenters. The standard InChI is InChI=1S/C16H14Cl2FN/c17-12-6-11(7-13(19)8-12)15-4-1-10(5-16(15)18)9-20-14-2-3-14/h1,4-8,14,20H,2-3,9H2. The maximum Gasteiger partial charge on any atom is 0.125 e. The topological polar surface area (TPSA) is 12.0 Å². The van der Waals surface area contributed by atoms with Crippen LogP contribution in [0.5, 0.6) is 0 Å². The van der Waals surface area contributed by atoms with Crippen molar-refractivity contribution < 1.29 is 4.39 Å². The molecule has 1 nitrogen and oxygen atoms in total. The van der Waals surface area contributed by atoms with Gasteiger partial charge in [0.05, 0.1) is 0 Å². The van der Waals surface area contributed by atoms with Crippen molar-refractivity contribution in [2.24, 2.45) is 0 Å². The smallest absolute Gasteiger partial charge is 0.125 e. The second-order valence-electron chi connectivity index (χ2n) is 5.13. The first-order valence-corrected chi connectivity index (χ1v) is 7.36. The van der Waals surface area contributed by atoms with Crippen LogP contribution in [0.3, 0.4) is 0 Å². The van der Waals surface area contributed by atoms with Gasteiger partial charge in [-0.05, 0) is 48.2 Å². The van der Waals surface area contributed by atoms with E-state index in [1.807, 2.05) is 18.2 Å². The van der Waals surface area contributed by atoms with Crippen LogP contribution >= 0.6 is 23.2 Å². The summed E-state index contributed by atoms with van der Waals surface area (Å²) in [6.07, 6.45) is 2.52. The number of nitrogens with one attached hydrogen (secondary N) is 1. The molecule has 0 aliphatic heterocycles. The van der Waals surface area contributed by atoms with E-state index in [4.69, 9.17) is 23.2 Å². The molecule has 0 saturated heterocycles. The van der Waals surface area contributed by atoms with E-state index < -0.39 is 0 Å². The van der Waals surface area contributed by atoms with Gasteiger partial charge in [-0.2, -0.15) is 0 Å². The van der Waals surface area contributed by atoms with Gasteiger partial charge in [0, 0.05) is 28.2 Å². The fourth-order valence-electron chi connectivity index (χ4n) is 2.16. The van der Waals surface area contributed by atoms with Gasteiger partial charge in [0.1, 0.15) is 5.82 Å². The molecule has 0 bridgehead atoms. The van der Waals surface area contributed by atoms with Crippen LogP contribution in [0.2, 0.25) is 10.0 Å². The molecule has 2 aromatic rings. The SMILES string of the molecule is Fc1cc(Cl)cc(-c2ccc(CNC3CC3)cc2Cl)c1. The van der Waals surface area contributed by atoms with Crippen molar-refractivity contribution >= 4 is 23.2 Å². The van der Waals surface area contributed by atoms with Crippen LogP contribution in [0.4, 0.5) is 4.39 Å². The molecule has 4 heteroatoms. The van der Waals surface area contributed by atoms with Crippen LogP contribution in [0.25, 0.3) is 11.1 Å². The Balaban J connectivity index is 1.85. The summed E-state index contributed by atoms with van der Waals surface area (Å²) in [6, 6.07) is 10.9. The number of hydrogen-bond donors (Lipinski definition) is 1. The molecule has 3 rings (SSSR count). The molecule has 0 amide bonds. The van der Waals surface area contributed by atoms with E-state index in [0.717, 1.165) is 17.7 Å². The van der Waals surface area contributed by atoms with E-state index in [2.05, 4.69) is 5.32 Å². The average molecular weight is 310 g/mol. The van der Waals surface area contributed by atoms with Crippen LogP contribution in [0.15, 0.2) is 36.4 Å². The lowest BCUT2D eigenvalue weighted by Crippen LogP contribution is -2.15. The second kappa shape index (κ2) is 5.72. The fourth-order valence-corrected chi connectivity index (χ4v) is 2.70. The van der Waals surface area contributed by atoms with Crippen molar-refractivity contribution in [3.63, 3.8) is 0 Å². The van der Waals surface area contributed by atoms with Crippen LogP contribution in [-0.4, -0.2) is 6.04 Å². The molecular weight excluding hydrogens is 296 g/mol. The maximum atomic E-state index is 13.4. The summed E-state index contributed by atoms with van der Waals surface area (Å²) in [5.74, 6) is -0.358. The third-order valence-corrected chi connectivity index (χ3v) is 3.91. The first-order chi connectivity index (χ1) is 9.61. The molecule has 1 aliphatic carbocycles. The summed E-state index contributed by atoms with van der Waals surface area (Å²) in [7, 11) is 0. The van der Waals surface area contributed by atoms with Crippen LogP contribution in [0, 0.1) is 5.82 Å². The van der Waals surface area contributed by atoms with Gasteiger partial charge in [-0.1, -0.05) is 35.3 Å². The van der Waals surface area contributed by atoms with Crippen LogP contribution < -0.4 is 5.32 Å². The highest BCUT2D eigenvalue weighted by molar-refractivity contribution is 6.34. The Bertz CT molecular complexity index is 618. The van der Waals surface area contributed by atoms with E-state index in [9.17, 15) is 4.39 Å². The molecule has 1 saturated carbocycles. The Kier molecular flexibility index (Phi) is 3.97. The van der Waals surface area contributed by atoms with E-state index in [1.54, 1.807) is 6.07 Å². The van der Waals surface area contributed by atoms with Gasteiger partial charge >= 0.3 is 0 Å². The lowest BCUT2D eigenvalue weighted by molar-refractivity contribution is 0.628. The Labute approximate surface area is 127 Å². The Morgan fingerprint density at radius 1 is 1.10 bits per heavy atom. The number of benzene rings is 2. The molecule has 20 heavy (non-hydrogen) atoms. The van der Waals surface area contributed by atoms with Crippen molar-refractivity contribution in [1.29, 1.82) is 0 Å². The molecule has 1 aliphatic rings. The van der Waals surface area contributed by atoms with Gasteiger partial charge in [-0.25, -0.2) is 4.39 Å². The second-order valence-corrected chi connectivity index (χ2v) is 5.97. The lowest BCUT2D eigenvalue weighted by Gasteiger charge is -2.09. The zero-order chi connectivity index (χ0) is 14.1. The zero-order valence-electron chi connectivity index (χ0n) is 10.8. The highest BCUT2D eigenvalue weighted by Crippen LogP contribution is 2.31. The molecule has 0 atom stereocenters. The normalized spacial score (nSPS) is 14.6. The zero-order valence-corrected chi connectivity index (χ0v) is 12.3. The Morgan fingerprint density at radius 3 is 2.55 bits per heavy atom. The molecule has 1 N–H and O–H groups in total. The largest absolute Gasteiger partial charge is 0.310 e. The maximum absolute atomic E-state index is 13.4. The van der Waals surface area contributed by atoms with Crippen LogP contribution in [-0.2, 0) is 6.54 Å². The van der Waals surface area contributed by atoms with Crippen molar-refractivity contribution in [3.05, 3.63) is 57.8 Å². The monoisotopic (exact) mass is 309 g/mol. The van der Waals surface area contributed by atoms with Crippen molar-refractivity contribution in [1.82, 2.24) is 5.32 Å². The fraction of sp³-hybridized carbons (Fsp3) is 0.250. The van der Waals surface area contributed by atoms with E-state index >= 15 is 0 Å². The number of hydrogen-bond acceptors (Lipinski definition) is 1. The molecule has 1 fully saturated rings. The summed E-state index contributed by atoms with van der Waals surface area (Å²) >= 11 is 12.2. The molecule has 0 radical (unpaired) electrons. The van der Waals surface area contributed by atoms with E-state index in [0.29, 0.717) is 21.7 Å². The molecule has 104 valence electrons. The van der Waals surface area contributed by atoms with Gasteiger partial charge in [0.25, 0.3) is 0 Å². The van der Waals surface area contributed by atoms with Gasteiger partial charge in [0.15, 0.2) is 0 Å². The molecule has 0 heterocycles. The number of halogens is 3. The quantitative estimate of drug-likeness (QED) is 0.833. The van der Waals surface area contributed by atoms with Crippen molar-refractivity contribution in [2.75, 3.05) is 0 Å². The minimum Gasteiger partial charge on any atom is -0.310 e. The summed E-state index contributed by atoms with van der Waals surface area (Å²) in [6.45, 7) is 0.814. The molecule has 2 aromatic carbocycles. The summed E-state index contributed by atoms with van der Waals surface area (Å²) < 4.78 is 13.4. The van der Waals surface area contributed by atoms with Crippen LogP contribution in [0.1, 0.15) is 18.4 Å². The molecule has 0 spiro atoms. The van der Waals surface area contributed by atoms with E-state index in [1.165, 1.54) is 25.0 Å². The predicted octanol–water partition coefficient (Wildman–Crippen LogP) is 5.05. The molecule has 0 aromatic heterocycles. The Morgan fingerprint density at radius 2 is 1.90 bits per heavy atom. The predicted molar refractivity (Wildman–Crippen MR) is 81.7 cm³/mol. The minimum atomic E-state index is -0.358. The summed E-state index contributed by atoms with van der Waals surface area (Å²) in [5, 5.41) is 4.42. The van der Waals surface area contributed by atoms with Crippen molar-refractivity contribution in [3.8, 4) is 11.1 Å². The lowest BCUT2D eigenvalue weighted by atomic mass is 10.0. The third-order valence-electron chi connectivity index (χ3n) is 3.38. The highest BCUT2D eigenvalue weighted by Gasteiger charge is 2.20. The number of rotatable bonds is 4. The third kappa shape index (κ3) is 3.32. The van der Waals surface area contributed by atoms with Gasteiger partial charge in [-0.3, -0.25) is 0 Å². The average Bonchev–Trinajstić information content (AvgIpc) is 3.19. The minimum absolute atomic E-state index is 0.358. The first-order valence-electron chi connectivity index (χ1n) is 6.60. The highest BCUT2D eigenvalue weighted by atomic mass is 35.5. The van der Waals surface area contributed by atoms with Gasteiger partial charge in [0.2, 0.25) is 0 Å². The first kappa shape index (κ1) is 13.9. The Hall–Kier alpha value is -1.09. The van der Waals surface area contributed by atoms with Crippen molar-refractivity contribution in [2.45, 2.75) is 25.4 Å². The molecular formula is C16H14Cl2FN. The van der Waals surface area contributed by atoms with Gasteiger partial charge in [-0.15, -0.1) is 0 Å².